The van der Waals surface area contributed by atoms with E-state index in [0.717, 1.165) is 5.75 Å². The molecule has 1 aromatic rings. The lowest BCUT2D eigenvalue weighted by molar-refractivity contribution is 0.356. The van der Waals surface area contributed by atoms with Gasteiger partial charge in [0.1, 0.15) is 5.75 Å². The Labute approximate surface area is 105 Å². The van der Waals surface area contributed by atoms with E-state index >= 15 is 0 Å². The largest absolute Gasteiger partial charge is 0.496 e. The first kappa shape index (κ1) is 14.0. The number of benzene rings is 1. The van der Waals surface area contributed by atoms with Crippen molar-refractivity contribution in [3.8, 4) is 5.75 Å². The van der Waals surface area contributed by atoms with Crippen molar-refractivity contribution in [1.29, 1.82) is 0 Å². The number of aryl methyl sites for hydroxylation is 1. The first-order valence-electron chi connectivity index (χ1n) is 6.45. The van der Waals surface area contributed by atoms with Crippen molar-refractivity contribution < 1.29 is 4.74 Å². The summed E-state index contributed by atoms with van der Waals surface area (Å²) >= 11 is 0. The van der Waals surface area contributed by atoms with E-state index in [1.54, 1.807) is 7.11 Å². The lowest BCUT2D eigenvalue weighted by Gasteiger charge is -2.25. The SMILES string of the molecule is CCCC(C)C(NC)c1cc(C)ccc1OC. The second-order valence-corrected chi connectivity index (χ2v) is 4.78. The van der Waals surface area contributed by atoms with Crippen molar-refractivity contribution in [2.24, 2.45) is 5.92 Å². The fourth-order valence-electron chi connectivity index (χ4n) is 2.47. The van der Waals surface area contributed by atoms with Gasteiger partial charge in [0.15, 0.2) is 0 Å². The second kappa shape index (κ2) is 6.65. The zero-order valence-electron chi connectivity index (χ0n) is 11.7. The Morgan fingerprint density at radius 3 is 2.59 bits per heavy atom. The Balaban J connectivity index is 3.05. The molecule has 2 atom stereocenters. The van der Waals surface area contributed by atoms with Crippen LogP contribution in [-0.4, -0.2) is 14.2 Å². The third-order valence-corrected chi connectivity index (χ3v) is 3.34. The minimum Gasteiger partial charge on any atom is -0.496 e. The standard InChI is InChI=1S/C15H25NO/c1-6-7-12(3)15(16-4)13-10-11(2)8-9-14(13)17-5/h8-10,12,15-16H,6-7H2,1-5H3. The minimum absolute atomic E-state index is 0.366. The molecule has 0 aliphatic carbocycles. The smallest absolute Gasteiger partial charge is 0.123 e. The van der Waals surface area contributed by atoms with Crippen molar-refractivity contribution in [2.75, 3.05) is 14.2 Å². The highest BCUT2D eigenvalue weighted by Gasteiger charge is 2.20. The fraction of sp³-hybridized carbons (Fsp3) is 0.600. The van der Waals surface area contributed by atoms with Crippen LogP contribution in [-0.2, 0) is 0 Å². The third kappa shape index (κ3) is 3.47. The Morgan fingerprint density at radius 2 is 2.06 bits per heavy atom. The molecule has 2 unspecified atom stereocenters. The molecule has 0 saturated heterocycles. The van der Waals surface area contributed by atoms with Crippen LogP contribution in [0.1, 0.15) is 43.9 Å². The van der Waals surface area contributed by atoms with Gasteiger partial charge in [-0.2, -0.15) is 0 Å². The first-order valence-corrected chi connectivity index (χ1v) is 6.45. The van der Waals surface area contributed by atoms with Crippen LogP contribution >= 0.6 is 0 Å². The summed E-state index contributed by atoms with van der Waals surface area (Å²) in [6.45, 7) is 6.66. The van der Waals surface area contributed by atoms with Crippen LogP contribution < -0.4 is 10.1 Å². The predicted octanol–water partition coefficient (Wildman–Crippen LogP) is 3.70. The highest BCUT2D eigenvalue weighted by atomic mass is 16.5. The molecule has 96 valence electrons. The summed E-state index contributed by atoms with van der Waals surface area (Å²) in [4.78, 5) is 0. The average Bonchev–Trinajstić information content (AvgIpc) is 2.31. The predicted molar refractivity (Wildman–Crippen MR) is 73.6 cm³/mol. The van der Waals surface area contributed by atoms with Crippen LogP contribution in [0.25, 0.3) is 0 Å². The van der Waals surface area contributed by atoms with E-state index in [-0.39, 0.29) is 0 Å². The van der Waals surface area contributed by atoms with Crippen molar-refractivity contribution >= 4 is 0 Å². The van der Waals surface area contributed by atoms with Gasteiger partial charge in [0.2, 0.25) is 0 Å². The van der Waals surface area contributed by atoms with E-state index in [1.807, 2.05) is 7.05 Å². The number of nitrogens with one attached hydrogen (secondary N) is 1. The number of methoxy groups -OCH3 is 1. The van der Waals surface area contributed by atoms with Gasteiger partial charge in [-0.1, -0.05) is 38.0 Å². The summed E-state index contributed by atoms with van der Waals surface area (Å²) in [6, 6.07) is 6.75. The van der Waals surface area contributed by atoms with Crippen molar-refractivity contribution in [1.82, 2.24) is 5.32 Å². The summed E-state index contributed by atoms with van der Waals surface area (Å²) in [5, 5.41) is 3.42. The molecule has 0 amide bonds. The van der Waals surface area contributed by atoms with Gasteiger partial charge in [0, 0.05) is 11.6 Å². The minimum atomic E-state index is 0.366. The molecule has 1 N–H and O–H groups in total. The summed E-state index contributed by atoms with van der Waals surface area (Å²) in [5.74, 6) is 1.60. The number of rotatable bonds is 6. The summed E-state index contributed by atoms with van der Waals surface area (Å²) in [5.41, 5.74) is 2.56. The van der Waals surface area contributed by atoms with Crippen LogP contribution in [0.3, 0.4) is 0 Å². The normalized spacial score (nSPS) is 14.4. The number of hydrogen-bond acceptors (Lipinski definition) is 2. The third-order valence-electron chi connectivity index (χ3n) is 3.34. The van der Waals surface area contributed by atoms with Gasteiger partial charge in [0.05, 0.1) is 7.11 Å². The van der Waals surface area contributed by atoms with Crippen LogP contribution in [0.5, 0.6) is 5.75 Å². The molecule has 0 spiro atoms. The maximum Gasteiger partial charge on any atom is 0.123 e. The van der Waals surface area contributed by atoms with Gasteiger partial charge in [0.25, 0.3) is 0 Å². The average molecular weight is 235 g/mol. The van der Waals surface area contributed by atoms with E-state index < -0.39 is 0 Å². The Morgan fingerprint density at radius 1 is 1.35 bits per heavy atom. The quantitative estimate of drug-likeness (QED) is 0.811. The lowest BCUT2D eigenvalue weighted by Crippen LogP contribution is -2.24. The molecular formula is C15H25NO. The molecule has 0 heterocycles. The van der Waals surface area contributed by atoms with Gasteiger partial charge in [-0.25, -0.2) is 0 Å². The molecule has 1 rings (SSSR count). The van der Waals surface area contributed by atoms with Crippen LogP contribution in [0.4, 0.5) is 0 Å². The van der Waals surface area contributed by atoms with Crippen LogP contribution in [0.15, 0.2) is 18.2 Å². The molecule has 17 heavy (non-hydrogen) atoms. The Bertz CT molecular complexity index is 349. The molecule has 2 heteroatoms. The van der Waals surface area contributed by atoms with Crippen molar-refractivity contribution in [3.63, 3.8) is 0 Å². The summed E-state index contributed by atoms with van der Waals surface area (Å²) < 4.78 is 5.47. The van der Waals surface area contributed by atoms with Crippen LogP contribution in [0.2, 0.25) is 0 Å². The maximum atomic E-state index is 5.47. The van der Waals surface area contributed by atoms with Gasteiger partial charge >= 0.3 is 0 Å². The molecule has 1 aromatic carbocycles. The van der Waals surface area contributed by atoms with E-state index in [4.69, 9.17) is 4.74 Å². The van der Waals surface area contributed by atoms with E-state index in [9.17, 15) is 0 Å². The zero-order chi connectivity index (χ0) is 12.8. The molecule has 2 nitrogen and oxygen atoms in total. The van der Waals surface area contributed by atoms with Crippen molar-refractivity contribution in [2.45, 2.75) is 39.7 Å². The maximum absolute atomic E-state index is 5.47. The molecule has 0 aromatic heterocycles. The Hall–Kier alpha value is -1.02. The van der Waals surface area contributed by atoms with E-state index in [0.29, 0.717) is 12.0 Å². The fourth-order valence-corrected chi connectivity index (χ4v) is 2.47. The highest BCUT2D eigenvalue weighted by Crippen LogP contribution is 2.32. The lowest BCUT2D eigenvalue weighted by atomic mass is 9.90. The summed E-state index contributed by atoms with van der Waals surface area (Å²) in [7, 11) is 3.77. The summed E-state index contributed by atoms with van der Waals surface area (Å²) in [6.07, 6.45) is 2.44. The van der Waals surface area contributed by atoms with E-state index in [2.05, 4.69) is 44.3 Å². The van der Waals surface area contributed by atoms with Gasteiger partial charge in [-0.15, -0.1) is 0 Å². The molecule has 0 fully saturated rings. The molecular weight excluding hydrogens is 210 g/mol. The second-order valence-electron chi connectivity index (χ2n) is 4.78. The monoisotopic (exact) mass is 235 g/mol. The highest BCUT2D eigenvalue weighted by molar-refractivity contribution is 5.39. The van der Waals surface area contributed by atoms with Gasteiger partial charge < -0.3 is 10.1 Å². The van der Waals surface area contributed by atoms with E-state index in [1.165, 1.54) is 24.0 Å². The van der Waals surface area contributed by atoms with Gasteiger partial charge in [-0.05, 0) is 32.4 Å². The molecule has 0 saturated carbocycles. The Kier molecular flexibility index (Phi) is 5.49. The van der Waals surface area contributed by atoms with Crippen molar-refractivity contribution in [3.05, 3.63) is 29.3 Å². The van der Waals surface area contributed by atoms with Gasteiger partial charge in [-0.3, -0.25) is 0 Å². The molecule has 0 aliphatic rings. The zero-order valence-corrected chi connectivity index (χ0v) is 11.7. The number of ether oxygens (including phenoxy) is 1. The topological polar surface area (TPSA) is 21.3 Å². The van der Waals surface area contributed by atoms with Crippen LogP contribution in [0, 0.1) is 12.8 Å². The molecule has 0 aliphatic heterocycles. The first-order chi connectivity index (χ1) is 8.13. The number of hydrogen-bond donors (Lipinski definition) is 1. The molecule has 0 radical (unpaired) electrons. The molecule has 0 bridgehead atoms.